The van der Waals surface area contributed by atoms with Crippen LogP contribution in [-0.2, 0) is 9.59 Å². The molecule has 0 bridgehead atoms. The van der Waals surface area contributed by atoms with Crippen molar-refractivity contribution < 1.29 is 28.9 Å². The third-order valence-corrected chi connectivity index (χ3v) is 3.65. The average Bonchev–Trinajstić information content (AvgIpc) is 2.65. The maximum atomic E-state index is 12.2. The lowest BCUT2D eigenvalue weighted by molar-refractivity contribution is -0.306. The first kappa shape index (κ1) is 19.1. The van der Waals surface area contributed by atoms with Gasteiger partial charge in [0, 0.05) is 12.4 Å². The topological polar surface area (TPSA) is 96.9 Å². The minimum absolute atomic E-state index is 0.278. The number of methoxy groups -OCH3 is 2. The predicted molar refractivity (Wildman–Crippen MR) is 92.0 cm³/mol. The fourth-order valence-electron chi connectivity index (χ4n) is 2.37. The van der Waals surface area contributed by atoms with E-state index in [-0.39, 0.29) is 13.0 Å². The summed E-state index contributed by atoms with van der Waals surface area (Å²) in [7, 11) is 3.03. The van der Waals surface area contributed by atoms with Crippen molar-refractivity contribution >= 4 is 11.9 Å². The van der Waals surface area contributed by atoms with Gasteiger partial charge in [-0.05, 0) is 29.8 Å². The van der Waals surface area contributed by atoms with Crippen LogP contribution in [0.5, 0.6) is 17.2 Å². The van der Waals surface area contributed by atoms with Gasteiger partial charge in [-0.25, -0.2) is 0 Å². The van der Waals surface area contributed by atoms with E-state index in [4.69, 9.17) is 14.2 Å². The highest BCUT2D eigenvalue weighted by Crippen LogP contribution is 2.25. The van der Waals surface area contributed by atoms with Gasteiger partial charge in [-0.3, -0.25) is 4.79 Å². The molecule has 2 aromatic rings. The second-order valence-electron chi connectivity index (χ2n) is 5.41. The van der Waals surface area contributed by atoms with Crippen LogP contribution in [-0.4, -0.2) is 32.7 Å². The molecule has 0 aliphatic heterocycles. The summed E-state index contributed by atoms with van der Waals surface area (Å²) in [4.78, 5) is 23.2. The zero-order chi connectivity index (χ0) is 18.9. The van der Waals surface area contributed by atoms with Gasteiger partial charge < -0.3 is 29.4 Å². The molecule has 0 fully saturated rings. The van der Waals surface area contributed by atoms with Crippen molar-refractivity contribution in [2.45, 2.75) is 12.5 Å². The molecule has 1 N–H and O–H groups in total. The van der Waals surface area contributed by atoms with E-state index in [1.807, 2.05) is 0 Å². The van der Waals surface area contributed by atoms with Crippen molar-refractivity contribution in [2.75, 3.05) is 20.8 Å². The van der Waals surface area contributed by atoms with Crippen LogP contribution in [0.1, 0.15) is 18.0 Å². The number of aliphatic carboxylic acids is 1. The Hall–Kier alpha value is -3.22. The molecule has 7 heteroatoms. The van der Waals surface area contributed by atoms with Crippen molar-refractivity contribution in [3.05, 3.63) is 54.1 Å². The Morgan fingerprint density at radius 2 is 1.65 bits per heavy atom. The number of para-hydroxylation sites is 2. The monoisotopic (exact) mass is 358 g/mol. The maximum absolute atomic E-state index is 12.2. The maximum Gasteiger partial charge on any atom is 0.258 e. The average molecular weight is 358 g/mol. The number of hydrogen-bond acceptors (Lipinski definition) is 6. The van der Waals surface area contributed by atoms with E-state index in [1.165, 1.54) is 14.2 Å². The summed E-state index contributed by atoms with van der Waals surface area (Å²) >= 11 is 0. The molecule has 0 aliphatic carbocycles. The smallest absolute Gasteiger partial charge is 0.258 e. The summed E-state index contributed by atoms with van der Waals surface area (Å²) in [5.74, 6) is -0.172. The molecule has 2 rings (SSSR count). The van der Waals surface area contributed by atoms with Gasteiger partial charge >= 0.3 is 0 Å². The normalized spacial score (nSPS) is 11.3. The Balaban J connectivity index is 2.02. The fraction of sp³-hybridized carbons (Fsp3) is 0.263. The van der Waals surface area contributed by atoms with Gasteiger partial charge in [0.15, 0.2) is 18.1 Å². The summed E-state index contributed by atoms with van der Waals surface area (Å²) in [6, 6.07) is 12.9. The fourth-order valence-corrected chi connectivity index (χ4v) is 2.37. The second kappa shape index (κ2) is 9.31. The van der Waals surface area contributed by atoms with E-state index in [0.29, 0.717) is 22.8 Å². The molecule has 0 radical (unpaired) electrons. The molecule has 0 saturated carbocycles. The van der Waals surface area contributed by atoms with E-state index >= 15 is 0 Å². The lowest BCUT2D eigenvalue weighted by Crippen LogP contribution is -2.36. The van der Waals surface area contributed by atoms with Crippen LogP contribution >= 0.6 is 0 Å². The molecular formula is C19H20NO6-. The van der Waals surface area contributed by atoms with Crippen LogP contribution in [0.3, 0.4) is 0 Å². The van der Waals surface area contributed by atoms with Crippen LogP contribution in [0.25, 0.3) is 0 Å². The zero-order valence-electron chi connectivity index (χ0n) is 14.6. The summed E-state index contributed by atoms with van der Waals surface area (Å²) in [5, 5.41) is 13.7. The second-order valence-corrected chi connectivity index (χ2v) is 5.41. The SMILES string of the molecule is COc1ccc([C@H](CC(=O)[O-])NC(=O)COc2ccccc2OC)cc1. The highest BCUT2D eigenvalue weighted by molar-refractivity contribution is 5.79. The first-order valence-corrected chi connectivity index (χ1v) is 7.92. The van der Waals surface area contributed by atoms with Gasteiger partial charge in [-0.1, -0.05) is 24.3 Å². The highest BCUT2D eigenvalue weighted by atomic mass is 16.5. The van der Waals surface area contributed by atoms with Crippen LogP contribution in [0.15, 0.2) is 48.5 Å². The van der Waals surface area contributed by atoms with E-state index in [1.54, 1.807) is 48.5 Å². The molecule has 138 valence electrons. The van der Waals surface area contributed by atoms with Crippen LogP contribution in [0.4, 0.5) is 0 Å². The number of amides is 1. The number of carbonyl (C=O) groups is 2. The number of ether oxygens (including phenoxy) is 3. The van der Waals surface area contributed by atoms with Crippen molar-refractivity contribution in [2.24, 2.45) is 0 Å². The summed E-state index contributed by atoms with van der Waals surface area (Å²) < 4.78 is 15.7. The molecule has 0 unspecified atom stereocenters. The quantitative estimate of drug-likeness (QED) is 0.720. The van der Waals surface area contributed by atoms with E-state index in [2.05, 4.69) is 5.32 Å². The lowest BCUT2D eigenvalue weighted by atomic mass is 10.0. The van der Waals surface area contributed by atoms with Crippen molar-refractivity contribution in [3.63, 3.8) is 0 Å². The van der Waals surface area contributed by atoms with Crippen molar-refractivity contribution in [1.29, 1.82) is 0 Å². The van der Waals surface area contributed by atoms with Gasteiger partial charge in [-0.15, -0.1) is 0 Å². The molecule has 0 heterocycles. The number of carboxylic acids is 1. The third kappa shape index (κ3) is 5.41. The summed E-state index contributed by atoms with van der Waals surface area (Å²) in [5.41, 5.74) is 0.626. The molecule has 7 nitrogen and oxygen atoms in total. The Kier molecular flexibility index (Phi) is 6.84. The molecule has 2 aromatic carbocycles. The van der Waals surface area contributed by atoms with Crippen LogP contribution < -0.4 is 24.6 Å². The highest BCUT2D eigenvalue weighted by Gasteiger charge is 2.16. The number of carboxylic acid groups (broad SMARTS) is 1. The molecular weight excluding hydrogens is 338 g/mol. The number of rotatable bonds is 9. The zero-order valence-corrected chi connectivity index (χ0v) is 14.6. The van der Waals surface area contributed by atoms with Gasteiger partial charge in [0.2, 0.25) is 0 Å². The number of benzene rings is 2. The molecule has 0 saturated heterocycles. The van der Waals surface area contributed by atoms with Gasteiger partial charge in [0.25, 0.3) is 5.91 Å². The Labute approximate surface area is 151 Å². The minimum Gasteiger partial charge on any atom is -0.550 e. The van der Waals surface area contributed by atoms with Gasteiger partial charge in [-0.2, -0.15) is 0 Å². The molecule has 0 spiro atoms. The number of nitrogens with one attached hydrogen (secondary N) is 1. The standard InChI is InChI=1S/C19H21NO6/c1-24-14-9-7-13(8-10-14)15(11-19(22)23)20-18(21)12-26-17-6-4-3-5-16(17)25-2/h3-10,15H,11-12H2,1-2H3,(H,20,21)(H,22,23)/p-1/t15-/m0/s1. The third-order valence-electron chi connectivity index (χ3n) is 3.65. The molecule has 1 amide bonds. The molecule has 0 aromatic heterocycles. The summed E-state index contributed by atoms with van der Waals surface area (Å²) in [6.45, 7) is -0.278. The predicted octanol–water partition coefficient (Wildman–Crippen LogP) is 1.08. The van der Waals surface area contributed by atoms with E-state index in [0.717, 1.165) is 0 Å². The molecule has 0 aliphatic rings. The molecule has 26 heavy (non-hydrogen) atoms. The molecule has 1 atom stereocenters. The minimum atomic E-state index is -1.27. The largest absolute Gasteiger partial charge is 0.550 e. The first-order chi connectivity index (χ1) is 12.5. The van der Waals surface area contributed by atoms with Crippen LogP contribution in [0.2, 0.25) is 0 Å². The van der Waals surface area contributed by atoms with Crippen LogP contribution in [0, 0.1) is 0 Å². The first-order valence-electron chi connectivity index (χ1n) is 7.92. The van der Waals surface area contributed by atoms with Crippen molar-refractivity contribution in [1.82, 2.24) is 5.32 Å². The van der Waals surface area contributed by atoms with Gasteiger partial charge in [0.05, 0.1) is 20.3 Å². The lowest BCUT2D eigenvalue weighted by Gasteiger charge is -2.20. The Bertz CT molecular complexity index is 744. The van der Waals surface area contributed by atoms with E-state index < -0.39 is 17.9 Å². The summed E-state index contributed by atoms with van der Waals surface area (Å²) in [6.07, 6.45) is -0.354. The van der Waals surface area contributed by atoms with Crippen molar-refractivity contribution in [3.8, 4) is 17.2 Å². The number of carbonyl (C=O) groups excluding carboxylic acids is 2. The Morgan fingerprint density at radius 3 is 2.23 bits per heavy atom. The number of hydrogen-bond donors (Lipinski definition) is 1. The van der Waals surface area contributed by atoms with E-state index in [9.17, 15) is 14.7 Å². The van der Waals surface area contributed by atoms with Gasteiger partial charge in [0.1, 0.15) is 5.75 Å². The Morgan fingerprint density at radius 1 is 1.00 bits per heavy atom.